The highest BCUT2D eigenvalue weighted by Gasteiger charge is 2.37. The molecule has 3 heterocycles. The summed E-state index contributed by atoms with van der Waals surface area (Å²) in [6.45, 7) is 8.45. The summed E-state index contributed by atoms with van der Waals surface area (Å²) in [7, 11) is 6.00. The Hall–Kier alpha value is -5.56. The lowest BCUT2D eigenvalue weighted by Gasteiger charge is -2.47. The van der Waals surface area contributed by atoms with Crippen LogP contribution in [0.15, 0.2) is 78.9 Å². The van der Waals surface area contributed by atoms with Gasteiger partial charge < -0.3 is 34.6 Å². The maximum Gasteiger partial charge on any atom is 0.261 e. The fraction of sp³-hybridized carbons (Fsp3) is 0.463. The van der Waals surface area contributed by atoms with E-state index in [-0.39, 0.29) is 30.5 Å². The Bertz CT molecular complexity index is 2250. The predicted octanol–water partition coefficient (Wildman–Crippen LogP) is 7.28. The van der Waals surface area contributed by atoms with Crippen LogP contribution in [0.1, 0.15) is 106 Å². The number of aromatic hydroxyl groups is 1. The molecule has 1 spiro atoms. The highest BCUT2D eigenvalue weighted by atomic mass is 19.1. The zero-order chi connectivity index (χ0) is 47.2. The highest BCUT2D eigenvalue weighted by Crippen LogP contribution is 2.48. The monoisotopic (exact) mass is 902 g/mol. The third kappa shape index (κ3) is 12.3. The van der Waals surface area contributed by atoms with Gasteiger partial charge in [0.05, 0.1) is 12.6 Å². The van der Waals surface area contributed by atoms with Crippen LogP contribution < -0.4 is 10.2 Å². The number of aldehydes is 3. The number of rotatable bonds is 12. The molecule has 2 saturated heterocycles. The van der Waals surface area contributed by atoms with Gasteiger partial charge >= 0.3 is 0 Å². The third-order valence-corrected chi connectivity index (χ3v) is 14.3. The van der Waals surface area contributed by atoms with Crippen LogP contribution in [0.4, 0.5) is 10.1 Å². The van der Waals surface area contributed by atoms with E-state index in [9.17, 15) is 33.5 Å². The average Bonchev–Trinajstić information content (AvgIpc) is 3.53. The molecule has 12 heteroatoms. The molecule has 4 aromatic carbocycles. The molecular weight excluding hydrogens is 834 g/mol. The number of nitrogens with zero attached hydrogens (tertiary/aromatic N) is 4. The van der Waals surface area contributed by atoms with Crippen LogP contribution in [-0.2, 0) is 38.4 Å². The SMILES string of the molecule is CN1CCC2(CC1)CCN(c1ccc([C@@H]3c4ccc(O)cc4CC[C@@H]3c3ccc(F)cc3)cc1)CC2.CNC.Cc1cc2c(cc1C(=O)N(C=O)C(C=O)CCC=O)CCN(CC=O)CC2. The zero-order valence-corrected chi connectivity index (χ0v) is 39.2. The molecule has 0 bridgehead atoms. The number of carbonyl (C=O) groups excluding carboxylic acids is 5. The fourth-order valence-corrected chi connectivity index (χ4v) is 10.4. The Balaban J connectivity index is 0.000000215. The molecule has 4 aliphatic rings. The van der Waals surface area contributed by atoms with Crippen molar-refractivity contribution >= 4 is 36.9 Å². The summed E-state index contributed by atoms with van der Waals surface area (Å²) in [6.07, 6.45) is 11.3. The molecule has 0 radical (unpaired) electrons. The number of hydrogen-bond acceptors (Lipinski definition) is 10. The smallest absolute Gasteiger partial charge is 0.261 e. The second-order valence-electron chi connectivity index (χ2n) is 18.6. The molecule has 2 N–H and O–H groups in total. The number of carbonyl (C=O) groups is 5. The minimum Gasteiger partial charge on any atom is -0.508 e. The van der Waals surface area contributed by atoms with Crippen molar-refractivity contribution in [3.8, 4) is 5.75 Å². The first-order valence-corrected chi connectivity index (χ1v) is 23.6. The molecule has 1 aliphatic carbocycles. The van der Waals surface area contributed by atoms with E-state index >= 15 is 0 Å². The van der Waals surface area contributed by atoms with Crippen LogP contribution in [0.25, 0.3) is 0 Å². The normalized spacial score (nSPS) is 19.6. The first-order chi connectivity index (χ1) is 32.0. The first kappa shape index (κ1) is 49.9. The van der Waals surface area contributed by atoms with Crippen LogP contribution in [0.3, 0.4) is 0 Å². The third-order valence-electron chi connectivity index (χ3n) is 14.3. The number of hydrogen-bond donors (Lipinski definition) is 2. The lowest BCUT2D eigenvalue weighted by atomic mass is 9.69. The Morgan fingerprint density at radius 3 is 2.03 bits per heavy atom. The van der Waals surface area contributed by atoms with Crippen molar-refractivity contribution in [2.75, 3.05) is 71.9 Å². The van der Waals surface area contributed by atoms with E-state index in [1.807, 2.05) is 38.4 Å². The molecule has 0 aromatic heterocycles. The summed E-state index contributed by atoms with van der Waals surface area (Å²) in [5.74, 6) is 0.0766. The van der Waals surface area contributed by atoms with Crippen LogP contribution in [-0.4, -0.2) is 124 Å². The number of anilines is 1. The molecule has 2 amide bonds. The number of fused-ring (bicyclic) bond motifs is 2. The molecule has 4 aromatic rings. The fourth-order valence-electron chi connectivity index (χ4n) is 10.4. The van der Waals surface area contributed by atoms with Gasteiger partial charge in [0.1, 0.15) is 30.4 Å². The Morgan fingerprint density at radius 2 is 1.42 bits per heavy atom. The van der Waals surface area contributed by atoms with Gasteiger partial charge in [-0.05, 0) is 192 Å². The van der Waals surface area contributed by atoms with Gasteiger partial charge in [-0.25, -0.2) is 4.39 Å². The summed E-state index contributed by atoms with van der Waals surface area (Å²) in [4.78, 5) is 64.9. The quantitative estimate of drug-likeness (QED) is 0.140. The maximum absolute atomic E-state index is 13.7. The molecule has 8 rings (SSSR count). The van der Waals surface area contributed by atoms with E-state index in [1.54, 1.807) is 31.2 Å². The van der Waals surface area contributed by atoms with E-state index in [4.69, 9.17) is 0 Å². The summed E-state index contributed by atoms with van der Waals surface area (Å²) in [5, 5.41) is 12.8. The van der Waals surface area contributed by atoms with Gasteiger partial charge in [-0.2, -0.15) is 0 Å². The molecule has 352 valence electrons. The van der Waals surface area contributed by atoms with E-state index in [1.165, 1.54) is 66.7 Å². The van der Waals surface area contributed by atoms with Crippen molar-refractivity contribution in [3.05, 3.63) is 129 Å². The number of benzene rings is 4. The number of phenolic OH excluding ortho intramolecular Hbond substituents is 1. The highest BCUT2D eigenvalue weighted by molar-refractivity contribution is 6.02. The number of nitrogens with one attached hydrogen (secondary N) is 1. The predicted molar refractivity (Wildman–Crippen MR) is 258 cm³/mol. The van der Waals surface area contributed by atoms with Crippen molar-refractivity contribution in [2.24, 2.45) is 5.41 Å². The standard InChI is InChI=1S/C32H37FN2O.C20H24N2O5.C2H7N/c1-34-18-14-32(15-19-34)16-20-35(21-17-32)27-9-4-24(5-10-27)31-29(23-2-7-26(33)8-3-23)12-6-25-22-28(36)11-13-30(25)31;1-15-11-16-4-6-21(8-10-24)7-5-17(16)12-19(15)20(27)22(14-26)18(13-25)3-2-9-23;1-3-2/h2-5,7-11,13,22,29,31,36H,6,12,14-21H2,1H3;9-14,18H,2-8H2,1H3;3H,1-2H3/t29-,31+;;/m1../s1. The van der Waals surface area contributed by atoms with Crippen LogP contribution in [0.5, 0.6) is 5.75 Å². The van der Waals surface area contributed by atoms with Crippen LogP contribution >= 0.6 is 0 Å². The minimum atomic E-state index is -0.957. The van der Waals surface area contributed by atoms with Crippen molar-refractivity contribution in [1.29, 1.82) is 0 Å². The zero-order valence-electron chi connectivity index (χ0n) is 39.2. The number of aryl methyl sites for hydroxylation is 2. The molecule has 11 nitrogen and oxygen atoms in total. The number of phenols is 1. The van der Waals surface area contributed by atoms with Crippen molar-refractivity contribution in [2.45, 2.75) is 89.0 Å². The van der Waals surface area contributed by atoms with Crippen molar-refractivity contribution in [1.82, 2.24) is 20.0 Å². The first-order valence-electron chi connectivity index (χ1n) is 23.6. The molecule has 0 saturated carbocycles. The van der Waals surface area contributed by atoms with Crippen LogP contribution in [0, 0.1) is 18.2 Å². The van der Waals surface area contributed by atoms with E-state index < -0.39 is 11.9 Å². The molecule has 3 aliphatic heterocycles. The summed E-state index contributed by atoms with van der Waals surface area (Å²) in [6, 6.07) is 24.8. The van der Waals surface area contributed by atoms with E-state index in [0.717, 1.165) is 73.3 Å². The van der Waals surface area contributed by atoms with Gasteiger partial charge in [0.2, 0.25) is 6.41 Å². The van der Waals surface area contributed by atoms with Crippen molar-refractivity contribution in [3.63, 3.8) is 0 Å². The number of piperidine rings is 2. The second-order valence-corrected chi connectivity index (χ2v) is 18.6. The average molecular weight is 902 g/mol. The Labute approximate surface area is 390 Å². The topological polar surface area (TPSA) is 131 Å². The number of halogens is 1. The van der Waals surface area contributed by atoms with Gasteiger partial charge in [-0.15, -0.1) is 0 Å². The second kappa shape index (κ2) is 23.8. The van der Waals surface area contributed by atoms with E-state index in [2.05, 4.69) is 57.4 Å². The lowest BCUT2D eigenvalue weighted by molar-refractivity contribution is -0.123. The molecule has 1 unspecified atom stereocenters. The number of imide groups is 1. The largest absolute Gasteiger partial charge is 0.508 e. The molecule has 2 fully saturated rings. The van der Waals surface area contributed by atoms with Gasteiger partial charge in [0, 0.05) is 49.8 Å². The summed E-state index contributed by atoms with van der Waals surface area (Å²) >= 11 is 0. The maximum atomic E-state index is 13.7. The van der Waals surface area contributed by atoms with Crippen molar-refractivity contribution < 1.29 is 33.5 Å². The molecular formula is C54H68FN5O6. The summed E-state index contributed by atoms with van der Waals surface area (Å²) in [5.41, 5.74) is 10.1. The van der Waals surface area contributed by atoms with E-state index in [0.29, 0.717) is 48.7 Å². The van der Waals surface area contributed by atoms with Gasteiger partial charge in [-0.1, -0.05) is 36.4 Å². The number of amides is 2. The minimum absolute atomic E-state index is 0.0940. The molecule has 3 atom stereocenters. The summed E-state index contributed by atoms with van der Waals surface area (Å²) < 4.78 is 13.7. The molecule has 66 heavy (non-hydrogen) atoms. The Morgan fingerprint density at radius 1 is 0.803 bits per heavy atom. The Kier molecular flexibility index (Phi) is 17.9. The van der Waals surface area contributed by atoms with Gasteiger partial charge in [0.15, 0.2) is 0 Å². The number of likely N-dealkylation sites (tertiary alicyclic amines) is 1. The van der Waals surface area contributed by atoms with Crippen LogP contribution in [0.2, 0.25) is 0 Å². The van der Waals surface area contributed by atoms with Gasteiger partial charge in [-0.3, -0.25) is 19.4 Å². The lowest BCUT2D eigenvalue weighted by Crippen LogP contribution is -2.46. The van der Waals surface area contributed by atoms with Gasteiger partial charge in [0.25, 0.3) is 5.91 Å².